The largest absolute Gasteiger partial charge is 1.00 e. The van der Waals surface area contributed by atoms with Crippen LogP contribution < -0.4 is 27.9 Å². The Morgan fingerprint density at radius 3 is 2.22 bits per heavy atom. The van der Waals surface area contributed by atoms with Crippen LogP contribution in [0.15, 0.2) is 75.1 Å². The van der Waals surface area contributed by atoms with Gasteiger partial charge in [-0.1, -0.05) is 46.3 Å². The van der Waals surface area contributed by atoms with Gasteiger partial charge in [-0.05, 0) is 41.6 Å². The van der Waals surface area contributed by atoms with E-state index in [2.05, 4.69) is 125 Å². The molecule has 0 radical (unpaired) electrons. The molecule has 0 amide bonds. The lowest BCUT2D eigenvalue weighted by Gasteiger charge is -1.96. The molecule has 0 spiro atoms. The van der Waals surface area contributed by atoms with Gasteiger partial charge in [0, 0.05) is 52.7 Å². The topological polar surface area (TPSA) is 3.88 Å². The standard InChI is InChI=1S/C16H13BrNS2.I2.HI/c1-18-16(19-14-9-7-13(17)8-10-14)11-15(20-18)12-5-3-2-4-6-12;1-2;/h2-11H,1H3;;1H/q+1;;/p-1. The molecule has 23 heavy (non-hydrogen) atoms. The highest BCUT2D eigenvalue weighted by molar-refractivity contribution is 15.0. The first-order chi connectivity index (χ1) is 10.7. The lowest BCUT2D eigenvalue weighted by atomic mass is 10.2. The molecular weight excluding hydrogens is 731 g/mol. The number of benzene rings is 2. The van der Waals surface area contributed by atoms with Crippen molar-refractivity contribution >= 4 is 76.5 Å². The van der Waals surface area contributed by atoms with Crippen LogP contribution in [0.2, 0.25) is 0 Å². The van der Waals surface area contributed by atoms with Crippen LogP contribution in [0.25, 0.3) is 10.4 Å². The fourth-order valence-corrected chi connectivity index (χ4v) is 4.10. The van der Waals surface area contributed by atoms with Gasteiger partial charge in [0.2, 0.25) is 0 Å². The van der Waals surface area contributed by atoms with E-state index < -0.39 is 0 Å². The van der Waals surface area contributed by atoms with Crippen molar-refractivity contribution in [3.63, 3.8) is 0 Å². The predicted octanol–water partition coefficient (Wildman–Crippen LogP) is 3.93. The Morgan fingerprint density at radius 2 is 1.61 bits per heavy atom. The molecule has 1 heterocycles. The van der Waals surface area contributed by atoms with Gasteiger partial charge in [-0.2, -0.15) is 0 Å². The van der Waals surface area contributed by atoms with Crippen LogP contribution in [0.3, 0.4) is 0 Å². The van der Waals surface area contributed by atoms with Crippen LogP contribution in [-0.4, -0.2) is 0 Å². The molecule has 0 aliphatic carbocycles. The second-order valence-corrected chi connectivity index (χ2v) is 7.54. The Kier molecular flexibility index (Phi) is 11.2. The molecule has 0 aliphatic heterocycles. The molecule has 3 rings (SSSR count). The van der Waals surface area contributed by atoms with Crippen molar-refractivity contribution in [1.29, 1.82) is 0 Å². The highest BCUT2D eigenvalue weighted by Crippen LogP contribution is 2.32. The zero-order chi connectivity index (χ0) is 15.9. The van der Waals surface area contributed by atoms with Gasteiger partial charge in [0.15, 0.2) is 7.05 Å². The number of aryl methyl sites for hydroxylation is 1. The van der Waals surface area contributed by atoms with E-state index >= 15 is 0 Å². The Bertz CT molecular complexity index is 718. The molecule has 0 saturated carbocycles. The second kappa shape index (κ2) is 11.7. The summed E-state index contributed by atoms with van der Waals surface area (Å²) in [6, 6.07) is 21.2. The molecule has 7 heteroatoms. The minimum atomic E-state index is 0. The molecule has 122 valence electrons. The van der Waals surface area contributed by atoms with Crippen molar-refractivity contribution < 1.29 is 27.9 Å². The van der Waals surface area contributed by atoms with Crippen molar-refractivity contribution in [2.75, 3.05) is 0 Å². The molecule has 0 atom stereocenters. The van der Waals surface area contributed by atoms with Crippen LogP contribution in [0.4, 0.5) is 0 Å². The van der Waals surface area contributed by atoms with E-state index in [1.165, 1.54) is 20.4 Å². The number of rotatable bonds is 3. The zero-order valence-corrected chi connectivity index (χ0v) is 21.7. The summed E-state index contributed by atoms with van der Waals surface area (Å²) in [4.78, 5) is 2.55. The first-order valence-corrected chi connectivity index (χ1v) is 15.0. The number of nitrogens with zero attached hydrogens (tertiary/aromatic N) is 1. The highest BCUT2D eigenvalue weighted by atomic mass is 128. The minimum Gasteiger partial charge on any atom is -1.00 e. The average molecular weight is 744 g/mol. The summed E-state index contributed by atoms with van der Waals surface area (Å²) in [5.41, 5.74) is 1.27. The maximum atomic E-state index is 3.47. The first kappa shape index (κ1) is 22.1. The predicted molar refractivity (Wildman–Crippen MR) is 117 cm³/mol. The average Bonchev–Trinajstić information content (AvgIpc) is 2.93. The van der Waals surface area contributed by atoms with Gasteiger partial charge in [0.1, 0.15) is 16.4 Å². The monoisotopic (exact) mass is 743 g/mol. The van der Waals surface area contributed by atoms with E-state index in [9.17, 15) is 0 Å². The summed E-state index contributed by atoms with van der Waals surface area (Å²) >= 11 is 11.3. The molecule has 1 aromatic heterocycles. The molecule has 2 aromatic carbocycles. The maximum absolute atomic E-state index is 3.47. The Morgan fingerprint density at radius 1 is 1.00 bits per heavy atom. The van der Waals surface area contributed by atoms with E-state index in [0.717, 1.165) is 4.47 Å². The van der Waals surface area contributed by atoms with Gasteiger partial charge in [-0.25, -0.2) is 0 Å². The van der Waals surface area contributed by atoms with Crippen LogP contribution in [0.1, 0.15) is 0 Å². The van der Waals surface area contributed by atoms with Gasteiger partial charge in [-0.15, -0.1) is 3.96 Å². The summed E-state index contributed by atoms with van der Waals surface area (Å²) in [6.07, 6.45) is 0. The van der Waals surface area contributed by atoms with Crippen molar-refractivity contribution in [2.24, 2.45) is 7.05 Å². The van der Waals surface area contributed by atoms with Crippen LogP contribution in [0, 0.1) is 0 Å². The molecule has 0 N–H and O–H groups in total. The van der Waals surface area contributed by atoms with Gasteiger partial charge in [0.05, 0.1) is 0 Å². The molecule has 3 aromatic rings. The summed E-state index contributed by atoms with van der Waals surface area (Å²) in [5.74, 6) is 0. The molecule has 0 bridgehead atoms. The third kappa shape index (κ3) is 6.72. The van der Waals surface area contributed by atoms with Crippen molar-refractivity contribution in [1.82, 2.24) is 0 Å². The third-order valence-electron chi connectivity index (χ3n) is 2.89. The van der Waals surface area contributed by atoms with Gasteiger partial charge < -0.3 is 24.0 Å². The van der Waals surface area contributed by atoms with Gasteiger partial charge >= 0.3 is 0 Å². The smallest absolute Gasteiger partial charge is 0.259 e. The Hall–Kier alpha value is 1.09. The summed E-state index contributed by atoms with van der Waals surface area (Å²) in [7, 11) is 2.11. The summed E-state index contributed by atoms with van der Waals surface area (Å²) in [5, 5.41) is 1.26. The Balaban J connectivity index is 0.000000849. The number of halogens is 4. The quantitative estimate of drug-likeness (QED) is 0.291. The van der Waals surface area contributed by atoms with E-state index in [1.807, 2.05) is 0 Å². The minimum absolute atomic E-state index is 0. The van der Waals surface area contributed by atoms with E-state index in [1.54, 1.807) is 23.3 Å². The normalized spacial score (nSPS) is 9.57. The van der Waals surface area contributed by atoms with Crippen molar-refractivity contribution in [2.45, 2.75) is 9.92 Å². The molecule has 1 nitrogen and oxygen atoms in total. The molecule has 0 saturated heterocycles. The van der Waals surface area contributed by atoms with E-state index in [0.29, 0.717) is 0 Å². The SMILES string of the molecule is C[n+]1sc(-c2ccccc2)cc1Sc1ccc(Br)cc1.II.[I-]. The number of hydrogen-bond acceptors (Lipinski definition) is 2. The van der Waals surface area contributed by atoms with Gasteiger partial charge in [-0.3, -0.25) is 0 Å². The molecule has 0 unspecified atom stereocenters. The summed E-state index contributed by atoms with van der Waals surface area (Å²) in [6.45, 7) is 0. The fourth-order valence-electron chi connectivity index (χ4n) is 1.88. The third-order valence-corrected chi connectivity index (χ3v) is 5.67. The second-order valence-electron chi connectivity index (χ2n) is 4.36. The molecule has 0 aliphatic rings. The lowest BCUT2D eigenvalue weighted by molar-refractivity contribution is -0.640. The van der Waals surface area contributed by atoms with Crippen molar-refractivity contribution in [3.05, 3.63) is 65.1 Å². The first-order valence-electron chi connectivity index (χ1n) is 6.36. The van der Waals surface area contributed by atoms with Gasteiger partial charge in [0.25, 0.3) is 5.03 Å². The molecular formula is C16H13BrI3NS2. The zero-order valence-electron chi connectivity index (χ0n) is 12.0. The van der Waals surface area contributed by atoms with Crippen molar-refractivity contribution in [3.8, 4) is 10.4 Å². The van der Waals surface area contributed by atoms with Crippen LogP contribution in [0.5, 0.6) is 0 Å². The van der Waals surface area contributed by atoms with Crippen LogP contribution >= 0.6 is 76.5 Å². The molecule has 0 fully saturated rings. The lowest BCUT2D eigenvalue weighted by Crippen LogP contribution is -3.00. The number of hydrogen-bond donors (Lipinski definition) is 0. The number of aromatic nitrogens is 1. The fraction of sp³-hybridized carbons (Fsp3) is 0.0625. The Labute approximate surface area is 194 Å². The van der Waals surface area contributed by atoms with E-state index in [4.69, 9.17) is 0 Å². The maximum Gasteiger partial charge on any atom is 0.259 e. The van der Waals surface area contributed by atoms with Crippen LogP contribution in [-0.2, 0) is 7.05 Å². The summed E-state index contributed by atoms with van der Waals surface area (Å²) < 4.78 is 3.33. The van der Waals surface area contributed by atoms with E-state index in [-0.39, 0.29) is 24.0 Å². The highest BCUT2D eigenvalue weighted by Gasteiger charge is 2.16.